The lowest BCUT2D eigenvalue weighted by Gasteiger charge is -2.33. The molecule has 2 aliphatic rings. The molecular formula is C36H31N3O7S. The summed E-state index contributed by atoms with van der Waals surface area (Å²) in [5.41, 5.74) is 3.66. The van der Waals surface area contributed by atoms with E-state index in [0.29, 0.717) is 48.3 Å². The van der Waals surface area contributed by atoms with Crippen molar-refractivity contribution in [2.45, 2.75) is 23.8 Å². The van der Waals surface area contributed by atoms with Gasteiger partial charge in [-0.05, 0) is 60.4 Å². The summed E-state index contributed by atoms with van der Waals surface area (Å²) in [5, 5.41) is 5.79. The molecule has 0 radical (unpaired) electrons. The van der Waals surface area contributed by atoms with Gasteiger partial charge in [-0.1, -0.05) is 66.7 Å². The zero-order valence-electron chi connectivity index (χ0n) is 25.2. The van der Waals surface area contributed by atoms with Gasteiger partial charge in [0, 0.05) is 47.6 Å². The van der Waals surface area contributed by atoms with E-state index >= 15 is 0 Å². The van der Waals surface area contributed by atoms with Gasteiger partial charge in [0.25, 0.3) is 21.9 Å². The second kappa shape index (κ2) is 13.5. The lowest BCUT2D eigenvalue weighted by Crippen LogP contribution is -2.45. The minimum Gasteiger partial charge on any atom is -0.379 e. The second-order valence-corrected chi connectivity index (χ2v) is 12.9. The topological polar surface area (TPSA) is 139 Å². The maximum atomic E-state index is 13.1. The van der Waals surface area contributed by atoms with Crippen molar-refractivity contribution in [2.75, 3.05) is 25.0 Å². The van der Waals surface area contributed by atoms with Crippen molar-refractivity contribution in [2.24, 2.45) is 0 Å². The van der Waals surface area contributed by atoms with Crippen molar-refractivity contribution in [3.05, 3.63) is 132 Å². The summed E-state index contributed by atoms with van der Waals surface area (Å²) in [7, 11) is -4.16. The Bertz CT molecular complexity index is 1970. The molecule has 0 aromatic heterocycles. The van der Waals surface area contributed by atoms with E-state index in [4.69, 9.17) is 4.18 Å². The van der Waals surface area contributed by atoms with E-state index in [0.717, 1.165) is 11.1 Å². The number of carbonyl (C=O) groups is 4. The third kappa shape index (κ3) is 7.21. The number of nitrogens with zero attached hydrogens (tertiary/aromatic N) is 1. The number of anilines is 1. The number of ketones is 2. The number of benzene rings is 4. The predicted octanol–water partition coefficient (Wildman–Crippen LogP) is 4.85. The fourth-order valence-corrected chi connectivity index (χ4v) is 6.46. The summed E-state index contributed by atoms with van der Waals surface area (Å²) in [4.78, 5) is 52.6. The summed E-state index contributed by atoms with van der Waals surface area (Å²) in [6.45, 7) is 0.208. The Labute approximate surface area is 272 Å². The Kier molecular flexibility index (Phi) is 9.10. The highest BCUT2D eigenvalue weighted by molar-refractivity contribution is 7.86. The van der Waals surface area contributed by atoms with Crippen molar-refractivity contribution in [1.29, 1.82) is 0 Å². The Morgan fingerprint density at radius 1 is 0.766 bits per heavy atom. The van der Waals surface area contributed by atoms with Crippen LogP contribution in [0.1, 0.15) is 43.9 Å². The van der Waals surface area contributed by atoms with Gasteiger partial charge in [-0.15, -0.1) is 0 Å². The Hall–Kier alpha value is -5.39. The fourth-order valence-electron chi connectivity index (χ4n) is 5.59. The Morgan fingerprint density at radius 2 is 1.38 bits per heavy atom. The van der Waals surface area contributed by atoms with Gasteiger partial charge in [0.05, 0.1) is 10.6 Å². The first-order valence-corrected chi connectivity index (χ1v) is 16.5. The first-order chi connectivity index (χ1) is 22.7. The molecule has 10 nitrogen and oxygen atoms in total. The van der Waals surface area contributed by atoms with Crippen LogP contribution in [0, 0.1) is 0 Å². The third-order valence-electron chi connectivity index (χ3n) is 8.11. The van der Waals surface area contributed by atoms with Crippen LogP contribution in [0.2, 0.25) is 0 Å². The van der Waals surface area contributed by atoms with E-state index in [1.54, 1.807) is 65.6 Å². The molecule has 0 bridgehead atoms. The number of fused-ring (bicyclic) bond motifs is 1. The number of piperidine rings is 1. The quantitative estimate of drug-likeness (QED) is 0.245. The van der Waals surface area contributed by atoms with E-state index in [9.17, 15) is 27.6 Å². The van der Waals surface area contributed by atoms with Gasteiger partial charge >= 0.3 is 0 Å². The third-order valence-corrected chi connectivity index (χ3v) is 9.39. The lowest BCUT2D eigenvalue weighted by molar-refractivity contribution is -0.118. The van der Waals surface area contributed by atoms with E-state index in [-0.39, 0.29) is 34.1 Å². The summed E-state index contributed by atoms with van der Waals surface area (Å²) in [5.74, 6) is -1.27. The SMILES string of the molecule is O=C(COS(=O)(=O)c1ccc(-c2ccccc2)cc1)Nc1ccc(C(=O)N2CCC(NC3=CC(=O)c4ccccc4C3=O)CC2)cc1. The van der Waals surface area contributed by atoms with Crippen LogP contribution < -0.4 is 10.6 Å². The highest BCUT2D eigenvalue weighted by Gasteiger charge is 2.29. The Balaban J connectivity index is 0.968. The van der Waals surface area contributed by atoms with Crippen molar-refractivity contribution in [3.63, 3.8) is 0 Å². The van der Waals surface area contributed by atoms with Gasteiger partial charge in [0.2, 0.25) is 5.78 Å². The normalized spacial score (nSPS) is 15.1. The number of rotatable bonds is 9. The van der Waals surface area contributed by atoms with Crippen LogP contribution in [0.15, 0.2) is 120 Å². The van der Waals surface area contributed by atoms with Crippen LogP contribution >= 0.6 is 0 Å². The van der Waals surface area contributed by atoms with Gasteiger partial charge in [0.1, 0.15) is 6.61 Å². The van der Waals surface area contributed by atoms with E-state index in [2.05, 4.69) is 10.6 Å². The molecule has 0 atom stereocenters. The molecule has 2 amide bonds. The first-order valence-electron chi connectivity index (χ1n) is 15.1. The van der Waals surface area contributed by atoms with E-state index < -0.39 is 22.6 Å². The van der Waals surface area contributed by atoms with Crippen LogP contribution in [0.5, 0.6) is 0 Å². The van der Waals surface area contributed by atoms with Gasteiger partial charge in [-0.3, -0.25) is 23.4 Å². The minimum absolute atomic E-state index is 0.0619. The minimum atomic E-state index is -4.16. The first kappa shape index (κ1) is 31.6. The molecular weight excluding hydrogens is 618 g/mol. The van der Waals surface area contributed by atoms with Crippen LogP contribution in [0.25, 0.3) is 11.1 Å². The molecule has 11 heteroatoms. The monoisotopic (exact) mass is 649 g/mol. The van der Waals surface area contributed by atoms with Crippen LogP contribution in [0.4, 0.5) is 5.69 Å². The number of hydrogen-bond acceptors (Lipinski definition) is 8. The molecule has 4 aromatic rings. The maximum absolute atomic E-state index is 13.1. The van der Waals surface area contributed by atoms with Gasteiger partial charge < -0.3 is 15.5 Å². The molecule has 238 valence electrons. The molecule has 2 N–H and O–H groups in total. The molecule has 1 aliphatic carbocycles. The number of likely N-dealkylation sites (tertiary alicyclic amines) is 1. The summed E-state index contributed by atoms with van der Waals surface area (Å²) < 4.78 is 30.2. The van der Waals surface area contributed by atoms with E-state index in [1.807, 2.05) is 30.3 Å². The molecule has 0 spiro atoms. The second-order valence-electron chi connectivity index (χ2n) is 11.2. The highest BCUT2D eigenvalue weighted by atomic mass is 32.2. The summed E-state index contributed by atoms with van der Waals surface area (Å²) in [6, 6.07) is 28.7. The number of hydrogen-bond donors (Lipinski definition) is 2. The van der Waals surface area contributed by atoms with Crippen molar-refractivity contribution in [1.82, 2.24) is 10.2 Å². The zero-order chi connectivity index (χ0) is 33.0. The Morgan fingerprint density at radius 3 is 2.06 bits per heavy atom. The predicted molar refractivity (Wildman–Crippen MR) is 175 cm³/mol. The maximum Gasteiger partial charge on any atom is 0.297 e. The van der Waals surface area contributed by atoms with Crippen molar-refractivity contribution < 1.29 is 31.8 Å². The number of nitrogens with one attached hydrogen (secondary N) is 2. The number of amides is 2. The molecule has 47 heavy (non-hydrogen) atoms. The van der Waals surface area contributed by atoms with Gasteiger partial charge in [0.15, 0.2) is 5.78 Å². The molecule has 1 aliphatic heterocycles. The molecule has 4 aromatic carbocycles. The molecule has 1 fully saturated rings. The summed E-state index contributed by atoms with van der Waals surface area (Å²) >= 11 is 0. The molecule has 1 saturated heterocycles. The average Bonchev–Trinajstić information content (AvgIpc) is 3.10. The van der Waals surface area contributed by atoms with E-state index in [1.165, 1.54) is 18.2 Å². The van der Waals surface area contributed by atoms with Crippen LogP contribution in [-0.2, 0) is 19.1 Å². The van der Waals surface area contributed by atoms with Gasteiger partial charge in [-0.25, -0.2) is 0 Å². The fraction of sp³-hybridized carbons (Fsp3) is 0.167. The zero-order valence-corrected chi connectivity index (χ0v) is 26.0. The van der Waals surface area contributed by atoms with Crippen LogP contribution in [0.3, 0.4) is 0 Å². The lowest BCUT2D eigenvalue weighted by atomic mass is 9.92. The van der Waals surface area contributed by atoms with Crippen LogP contribution in [-0.4, -0.2) is 62.4 Å². The highest BCUT2D eigenvalue weighted by Crippen LogP contribution is 2.24. The molecule has 6 rings (SSSR count). The average molecular weight is 650 g/mol. The van der Waals surface area contributed by atoms with Crippen molar-refractivity contribution >= 4 is 39.2 Å². The number of allylic oxidation sites excluding steroid dienone is 2. The molecule has 0 saturated carbocycles. The van der Waals surface area contributed by atoms with Gasteiger partial charge in [-0.2, -0.15) is 8.42 Å². The smallest absolute Gasteiger partial charge is 0.297 e. The van der Waals surface area contributed by atoms with Crippen molar-refractivity contribution in [3.8, 4) is 11.1 Å². The molecule has 1 heterocycles. The standard InChI is InChI=1S/C36H31N3O7S/c40-33-22-32(35(42)31-9-5-4-8-30(31)33)37-28-18-20-39(21-19-28)36(43)26-10-14-27(15-11-26)38-34(41)23-46-47(44,45)29-16-12-25(13-17-29)24-6-2-1-3-7-24/h1-17,22,28,37H,18-21,23H2,(H,38,41). The largest absolute Gasteiger partial charge is 0.379 e. The number of Topliss-reactive ketones (excluding diaryl/α,β-unsaturated/α-hetero) is 1. The number of carbonyl (C=O) groups excluding carboxylic acids is 4. The summed E-state index contributed by atoms with van der Waals surface area (Å²) in [6.07, 6.45) is 2.54. The molecule has 0 unspecified atom stereocenters.